The minimum absolute atomic E-state index is 0.0873. The Labute approximate surface area is 122 Å². The predicted octanol–water partition coefficient (Wildman–Crippen LogP) is 4.83. The van der Waals surface area contributed by atoms with E-state index < -0.39 is 5.82 Å². The molecule has 0 aliphatic carbocycles. The average molecular weight is 289 g/mol. The van der Waals surface area contributed by atoms with Gasteiger partial charge in [0.1, 0.15) is 5.82 Å². The standard InChI is InChI=1S/C16H14ClFN2/c1-10-15(18)7-12(9-19)8-16(10)20-11(2)13-5-3-4-6-14(13)17/h3-8,11,20H,1-2H3. The van der Waals surface area contributed by atoms with Gasteiger partial charge < -0.3 is 5.32 Å². The van der Waals surface area contributed by atoms with Crippen molar-refractivity contribution in [1.82, 2.24) is 0 Å². The van der Waals surface area contributed by atoms with Crippen molar-refractivity contribution in [3.8, 4) is 6.07 Å². The van der Waals surface area contributed by atoms with Crippen molar-refractivity contribution in [3.63, 3.8) is 0 Å². The topological polar surface area (TPSA) is 35.8 Å². The molecule has 0 aliphatic rings. The van der Waals surface area contributed by atoms with Gasteiger partial charge in [0.2, 0.25) is 0 Å². The van der Waals surface area contributed by atoms with E-state index in [-0.39, 0.29) is 6.04 Å². The van der Waals surface area contributed by atoms with Crippen LogP contribution in [-0.4, -0.2) is 0 Å². The first-order valence-corrected chi connectivity index (χ1v) is 6.62. The summed E-state index contributed by atoms with van der Waals surface area (Å²) in [6.45, 7) is 3.62. The quantitative estimate of drug-likeness (QED) is 0.878. The normalized spacial score (nSPS) is 11.8. The molecule has 2 rings (SSSR count). The van der Waals surface area contributed by atoms with Crippen molar-refractivity contribution in [2.45, 2.75) is 19.9 Å². The van der Waals surface area contributed by atoms with Gasteiger partial charge in [0.25, 0.3) is 0 Å². The fourth-order valence-electron chi connectivity index (χ4n) is 2.03. The molecule has 2 aromatic carbocycles. The molecule has 0 spiro atoms. The fraction of sp³-hybridized carbons (Fsp3) is 0.188. The molecule has 0 aliphatic heterocycles. The average Bonchev–Trinajstić information content (AvgIpc) is 2.43. The van der Waals surface area contributed by atoms with Gasteiger partial charge in [0.15, 0.2) is 0 Å². The molecule has 0 radical (unpaired) electrons. The Kier molecular flexibility index (Phi) is 4.26. The molecule has 4 heteroatoms. The molecule has 1 N–H and O–H groups in total. The van der Waals surface area contributed by atoms with Crippen LogP contribution >= 0.6 is 11.6 Å². The maximum Gasteiger partial charge on any atom is 0.129 e. The van der Waals surface area contributed by atoms with E-state index in [2.05, 4.69) is 5.32 Å². The third-order valence-corrected chi connectivity index (χ3v) is 3.56. The van der Waals surface area contributed by atoms with Gasteiger partial charge in [0, 0.05) is 16.3 Å². The molecule has 0 fully saturated rings. The lowest BCUT2D eigenvalue weighted by molar-refractivity contribution is 0.618. The van der Waals surface area contributed by atoms with Crippen molar-refractivity contribution in [2.75, 3.05) is 5.32 Å². The summed E-state index contributed by atoms with van der Waals surface area (Å²) >= 11 is 6.15. The number of benzene rings is 2. The van der Waals surface area contributed by atoms with Crippen LogP contribution in [0.5, 0.6) is 0 Å². The summed E-state index contributed by atoms with van der Waals surface area (Å²) in [5.74, 6) is -0.391. The number of nitrogens with zero attached hydrogens (tertiary/aromatic N) is 1. The van der Waals surface area contributed by atoms with E-state index in [0.717, 1.165) is 5.56 Å². The number of nitriles is 1. The SMILES string of the molecule is Cc1c(F)cc(C#N)cc1NC(C)c1ccccc1Cl. The highest BCUT2D eigenvalue weighted by Crippen LogP contribution is 2.28. The van der Waals surface area contributed by atoms with Gasteiger partial charge in [-0.1, -0.05) is 29.8 Å². The summed E-state index contributed by atoms with van der Waals surface area (Å²) in [5, 5.41) is 12.8. The number of halogens is 2. The van der Waals surface area contributed by atoms with Crippen LogP contribution in [0.15, 0.2) is 36.4 Å². The zero-order chi connectivity index (χ0) is 14.7. The van der Waals surface area contributed by atoms with Crippen LogP contribution in [-0.2, 0) is 0 Å². The molecule has 102 valence electrons. The Morgan fingerprint density at radius 1 is 1.30 bits per heavy atom. The van der Waals surface area contributed by atoms with Gasteiger partial charge in [-0.2, -0.15) is 5.26 Å². The summed E-state index contributed by atoms with van der Waals surface area (Å²) in [6.07, 6.45) is 0. The maximum atomic E-state index is 13.7. The first-order valence-electron chi connectivity index (χ1n) is 6.24. The van der Waals surface area contributed by atoms with Crippen molar-refractivity contribution in [1.29, 1.82) is 5.26 Å². The summed E-state index contributed by atoms with van der Waals surface area (Å²) in [5.41, 5.74) is 2.31. The van der Waals surface area contributed by atoms with E-state index in [9.17, 15) is 4.39 Å². The Morgan fingerprint density at radius 2 is 2.00 bits per heavy atom. The van der Waals surface area contributed by atoms with Gasteiger partial charge >= 0.3 is 0 Å². The van der Waals surface area contributed by atoms with E-state index >= 15 is 0 Å². The molecular formula is C16H14ClFN2. The van der Waals surface area contributed by atoms with E-state index in [1.165, 1.54) is 6.07 Å². The molecule has 0 saturated heterocycles. The van der Waals surface area contributed by atoms with Crippen LogP contribution in [0.25, 0.3) is 0 Å². The van der Waals surface area contributed by atoms with E-state index in [4.69, 9.17) is 16.9 Å². The smallest absolute Gasteiger partial charge is 0.129 e. The van der Waals surface area contributed by atoms with E-state index in [1.807, 2.05) is 37.3 Å². The molecule has 20 heavy (non-hydrogen) atoms. The molecule has 0 heterocycles. The summed E-state index contributed by atoms with van der Waals surface area (Å²) in [7, 11) is 0. The first kappa shape index (κ1) is 14.4. The first-order chi connectivity index (χ1) is 9.52. The summed E-state index contributed by atoms with van der Waals surface area (Å²) in [6, 6.07) is 12.2. The number of anilines is 1. The zero-order valence-electron chi connectivity index (χ0n) is 11.2. The van der Waals surface area contributed by atoms with Crippen LogP contribution in [0.2, 0.25) is 5.02 Å². The predicted molar refractivity (Wildman–Crippen MR) is 79.3 cm³/mol. The monoisotopic (exact) mass is 288 g/mol. The summed E-state index contributed by atoms with van der Waals surface area (Å²) < 4.78 is 13.7. The highest BCUT2D eigenvalue weighted by atomic mass is 35.5. The molecule has 0 saturated carbocycles. The largest absolute Gasteiger partial charge is 0.378 e. The van der Waals surface area contributed by atoms with Gasteiger partial charge in [-0.15, -0.1) is 0 Å². The molecular weight excluding hydrogens is 275 g/mol. The fourth-order valence-corrected chi connectivity index (χ4v) is 2.33. The van der Waals surface area contributed by atoms with Crippen LogP contribution in [0, 0.1) is 24.1 Å². The Morgan fingerprint density at radius 3 is 2.65 bits per heavy atom. The molecule has 2 nitrogen and oxygen atoms in total. The van der Waals surface area contributed by atoms with Crippen molar-refractivity contribution in [2.24, 2.45) is 0 Å². The molecule has 0 bridgehead atoms. The number of hydrogen-bond donors (Lipinski definition) is 1. The molecule has 1 unspecified atom stereocenters. The zero-order valence-corrected chi connectivity index (χ0v) is 12.0. The second-order valence-electron chi connectivity index (χ2n) is 4.63. The molecule has 2 aromatic rings. The lowest BCUT2D eigenvalue weighted by Crippen LogP contribution is -2.09. The Bertz CT molecular complexity index is 677. The molecule has 1 atom stereocenters. The van der Waals surface area contributed by atoms with Crippen LogP contribution in [0.1, 0.15) is 29.7 Å². The number of hydrogen-bond acceptors (Lipinski definition) is 2. The minimum Gasteiger partial charge on any atom is -0.378 e. The van der Waals surface area contributed by atoms with Gasteiger partial charge in [-0.3, -0.25) is 0 Å². The van der Waals surface area contributed by atoms with Crippen LogP contribution < -0.4 is 5.32 Å². The summed E-state index contributed by atoms with van der Waals surface area (Å²) in [4.78, 5) is 0. The molecule has 0 amide bonds. The second-order valence-corrected chi connectivity index (χ2v) is 5.04. The van der Waals surface area contributed by atoms with Crippen molar-refractivity contribution >= 4 is 17.3 Å². The lowest BCUT2D eigenvalue weighted by Gasteiger charge is -2.19. The van der Waals surface area contributed by atoms with Crippen molar-refractivity contribution < 1.29 is 4.39 Å². The number of rotatable bonds is 3. The highest BCUT2D eigenvalue weighted by molar-refractivity contribution is 6.31. The van der Waals surface area contributed by atoms with Crippen molar-refractivity contribution in [3.05, 3.63) is 63.9 Å². The Hall–Kier alpha value is -2.05. The third kappa shape index (κ3) is 2.92. The second kappa shape index (κ2) is 5.94. The van der Waals surface area contributed by atoms with E-state index in [1.54, 1.807) is 13.0 Å². The molecule has 0 aromatic heterocycles. The minimum atomic E-state index is -0.391. The third-order valence-electron chi connectivity index (χ3n) is 3.22. The lowest BCUT2D eigenvalue weighted by atomic mass is 10.1. The van der Waals surface area contributed by atoms with Gasteiger partial charge in [-0.25, -0.2) is 4.39 Å². The van der Waals surface area contributed by atoms with Gasteiger partial charge in [0.05, 0.1) is 17.7 Å². The Balaban J connectivity index is 2.33. The van der Waals surface area contributed by atoms with Crippen LogP contribution in [0.3, 0.4) is 0 Å². The van der Waals surface area contributed by atoms with Crippen LogP contribution in [0.4, 0.5) is 10.1 Å². The van der Waals surface area contributed by atoms with Gasteiger partial charge in [-0.05, 0) is 37.6 Å². The maximum absolute atomic E-state index is 13.7. The number of nitrogens with one attached hydrogen (secondary N) is 1. The highest BCUT2D eigenvalue weighted by Gasteiger charge is 2.12. The van der Waals surface area contributed by atoms with E-state index in [0.29, 0.717) is 21.8 Å².